The van der Waals surface area contributed by atoms with Gasteiger partial charge in [0.05, 0.1) is 16.6 Å². The monoisotopic (exact) mass is 417 g/mol. The minimum absolute atomic E-state index is 0.0472. The van der Waals surface area contributed by atoms with Crippen molar-refractivity contribution in [3.8, 4) is 0 Å². The van der Waals surface area contributed by atoms with Crippen molar-refractivity contribution in [2.45, 2.75) is 41.8 Å². The first-order chi connectivity index (χ1) is 14.0. The van der Waals surface area contributed by atoms with Gasteiger partial charge in [-0.15, -0.1) is 11.8 Å². The fraction of sp³-hybridized carbons (Fsp3) is 0.571. The van der Waals surface area contributed by atoms with Crippen molar-refractivity contribution in [2.75, 3.05) is 20.2 Å². The van der Waals surface area contributed by atoms with Crippen LogP contribution in [0.2, 0.25) is 0 Å². The van der Waals surface area contributed by atoms with Gasteiger partial charge in [0, 0.05) is 32.0 Å². The molecule has 1 spiro atoms. The van der Waals surface area contributed by atoms with Gasteiger partial charge < -0.3 is 20.6 Å². The highest BCUT2D eigenvalue weighted by Crippen LogP contribution is 2.66. The van der Waals surface area contributed by atoms with Crippen LogP contribution in [0, 0.1) is 11.8 Å². The molecule has 2 unspecified atom stereocenters. The van der Waals surface area contributed by atoms with Crippen LogP contribution in [0.1, 0.15) is 24.8 Å². The molecule has 3 saturated heterocycles. The van der Waals surface area contributed by atoms with E-state index in [2.05, 4.69) is 10.6 Å². The zero-order chi connectivity index (χ0) is 20.6. The molecule has 3 heterocycles. The van der Waals surface area contributed by atoms with Gasteiger partial charge in [-0.1, -0.05) is 30.3 Å². The standard InChI is InChI=1S/C21H27N3O4S/c1-22-18(26)15-14-8-9-21(29-14)16(15)20(28)24(10-5-11-25)17(21)19(27)23-12-13-6-3-2-4-7-13/h2-4,6-7,14-17,25H,5,8-12H2,1H3,(H,22,26)(H,23,27)/t14-,15+,16+,17?,21?/m1/s1. The van der Waals surface area contributed by atoms with Crippen LogP contribution in [0.3, 0.4) is 0 Å². The predicted molar refractivity (Wildman–Crippen MR) is 110 cm³/mol. The van der Waals surface area contributed by atoms with Crippen LogP contribution in [0.25, 0.3) is 0 Å². The van der Waals surface area contributed by atoms with Crippen LogP contribution in [0.4, 0.5) is 0 Å². The van der Waals surface area contributed by atoms with E-state index >= 15 is 0 Å². The van der Waals surface area contributed by atoms with Crippen molar-refractivity contribution in [3.05, 3.63) is 35.9 Å². The molecule has 4 rings (SSSR count). The number of nitrogens with one attached hydrogen (secondary N) is 2. The number of fused-ring (bicyclic) bond motifs is 1. The SMILES string of the molecule is CNC(=O)[C@@H]1[C@H]2C(=O)N(CCCO)C(C(=O)NCc3ccccc3)C23CC[C@H]1S3. The van der Waals surface area contributed by atoms with Gasteiger partial charge in [-0.2, -0.15) is 0 Å². The third-order valence-corrected chi connectivity index (χ3v) is 8.42. The van der Waals surface area contributed by atoms with Gasteiger partial charge >= 0.3 is 0 Å². The van der Waals surface area contributed by atoms with E-state index in [-0.39, 0.29) is 29.6 Å². The molecule has 29 heavy (non-hydrogen) atoms. The van der Waals surface area contributed by atoms with Crippen molar-refractivity contribution < 1.29 is 19.5 Å². The number of amides is 3. The Morgan fingerprint density at radius 3 is 2.72 bits per heavy atom. The van der Waals surface area contributed by atoms with Crippen molar-refractivity contribution in [3.63, 3.8) is 0 Å². The smallest absolute Gasteiger partial charge is 0.244 e. The van der Waals surface area contributed by atoms with Gasteiger partial charge in [0.25, 0.3) is 0 Å². The summed E-state index contributed by atoms with van der Waals surface area (Å²) in [6.45, 7) is 0.670. The van der Waals surface area contributed by atoms with Crippen LogP contribution < -0.4 is 10.6 Å². The largest absolute Gasteiger partial charge is 0.396 e. The fourth-order valence-corrected chi connectivity index (χ4v) is 7.50. The number of likely N-dealkylation sites (tertiary alicyclic amines) is 1. The second-order valence-electron chi connectivity index (χ2n) is 7.98. The molecule has 3 fully saturated rings. The molecule has 8 heteroatoms. The summed E-state index contributed by atoms with van der Waals surface area (Å²) in [6.07, 6.45) is 2.00. The average Bonchev–Trinajstić information content (AvgIpc) is 3.38. The first kappa shape index (κ1) is 20.2. The molecule has 3 aliphatic heterocycles. The second-order valence-corrected chi connectivity index (χ2v) is 9.58. The number of carbonyl (C=O) groups is 3. The topological polar surface area (TPSA) is 98.7 Å². The van der Waals surface area contributed by atoms with Crippen molar-refractivity contribution in [1.29, 1.82) is 0 Å². The average molecular weight is 418 g/mol. The highest BCUT2D eigenvalue weighted by atomic mass is 32.2. The van der Waals surface area contributed by atoms with E-state index in [0.717, 1.165) is 18.4 Å². The molecule has 2 bridgehead atoms. The molecule has 0 aromatic heterocycles. The zero-order valence-corrected chi connectivity index (χ0v) is 17.3. The Morgan fingerprint density at radius 2 is 2.03 bits per heavy atom. The van der Waals surface area contributed by atoms with Crippen LogP contribution in [0.15, 0.2) is 30.3 Å². The summed E-state index contributed by atoms with van der Waals surface area (Å²) in [5.41, 5.74) is 0.993. The number of benzene rings is 1. The van der Waals surface area contributed by atoms with Crippen LogP contribution in [-0.4, -0.2) is 64.0 Å². The van der Waals surface area contributed by atoms with Gasteiger partial charge in [0.1, 0.15) is 6.04 Å². The molecule has 156 valence electrons. The number of carbonyl (C=O) groups excluding carboxylic acids is 3. The van der Waals surface area contributed by atoms with Crippen LogP contribution in [0.5, 0.6) is 0 Å². The molecule has 0 radical (unpaired) electrons. The number of aliphatic hydroxyl groups is 1. The first-order valence-corrected chi connectivity index (χ1v) is 11.0. The molecule has 0 saturated carbocycles. The molecule has 3 aliphatic rings. The minimum Gasteiger partial charge on any atom is -0.396 e. The minimum atomic E-state index is -0.611. The highest BCUT2D eigenvalue weighted by Gasteiger charge is 2.73. The second kappa shape index (κ2) is 7.99. The molecule has 3 amide bonds. The van der Waals surface area contributed by atoms with E-state index in [9.17, 15) is 19.5 Å². The summed E-state index contributed by atoms with van der Waals surface area (Å²) in [7, 11) is 1.60. The Labute approximate surface area is 174 Å². The van der Waals surface area contributed by atoms with E-state index in [1.807, 2.05) is 30.3 Å². The number of rotatable bonds is 7. The van der Waals surface area contributed by atoms with Crippen molar-refractivity contribution in [1.82, 2.24) is 15.5 Å². The summed E-state index contributed by atoms with van der Waals surface area (Å²) < 4.78 is -0.560. The number of hydrogen-bond donors (Lipinski definition) is 3. The maximum absolute atomic E-state index is 13.4. The number of aliphatic hydroxyl groups excluding tert-OH is 1. The number of hydrogen-bond acceptors (Lipinski definition) is 5. The lowest BCUT2D eigenvalue weighted by Gasteiger charge is -2.34. The van der Waals surface area contributed by atoms with Gasteiger partial charge in [-0.25, -0.2) is 0 Å². The predicted octanol–water partition coefficient (Wildman–Crippen LogP) is 0.522. The molecule has 1 aromatic carbocycles. The molecule has 7 nitrogen and oxygen atoms in total. The Balaban J connectivity index is 1.62. The maximum atomic E-state index is 13.4. The molecule has 5 atom stereocenters. The van der Waals surface area contributed by atoms with E-state index < -0.39 is 22.6 Å². The Hall–Kier alpha value is -2.06. The normalized spacial score (nSPS) is 32.3. The Bertz CT molecular complexity index is 804. The van der Waals surface area contributed by atoms with Gasteiger partial charge in [0.15, 0.2) is 0 Å². The van der Waals surface area contributed by atoms with Gasteiger partial charge in [0.2, 0.25) is 17.7 Å². The maximum Gasteiger partial charge on any atom is 0.244 e. The van der Waals surface area contributed by atoms with E-state index in [0.29, 0.717) is 19.5 Å². The van der Waals surface area contributed by atoms with Crippen molar-refractivity contribution >= 4 is 29.5 Å². The summed E-state index contributed by atoms with van der Waals surface area (Å²) in [5.74, 6) is -1.28. The van der Waals surface area contributed by atoms with Crippen LogP contribution in [-0.2, 0) is 20.9 Å². The van der Waals surface area contributed by atoms with Gasteiger partial charge in [-0.3, -0.25) is 14.4 Å². The van der Waals surface area contributed by atoms with Gasteiger partial charge in [-0.05, 0) is 24.8 Å². The van der Waals surface area contributed by atoms with E-state index in [1.165, 1.54) is 0 Å². The fourth-order valence-electron chi connectivity index (χ4n) is 5.28. The highest BCUT2D eigenvalue weighted by molar-refractivity contribution is 8.02. The lowest BCUT2D eigenvalue weighted by molar-refractivity contribution is -0.140. The summed E-state index contributed by atoms with van der Waals surface area (Å²) in [4.78, 5) is 40.9. The molecule has 3 N–H and O–H groups in total. The quantitative estimate of drug-likeness (QED) is 0.601. The Kier molecular flexibility index (Phi) is 5.57. The van der Waals surface area contributed by atoms with Crippen LogP contribution >= 0.6 is 11.8 Å². The molecule has 1 aromatic rings. The summed E-state index contributed by atoms with van der Waals surface area (Å²) >= 11 is 1.65. The third kappa shape index (κ3) is 3.22. The number of thioether (sulfide) groups is 1. The number of nitrogens with zero attached hydrogens (tertiary/aromatic N) is 1. The summed E-state index contributed by atoms with van der Waals surface area (Å²) in [6, 6.07) is 9.05. The zero-order valence-electron chi connectivity index (χ0n) is 16.5. The lowest BCUT2D eigenvalue weighted by atomic mass is 9.71. The van der Waals surface area contributed by atoms with Crippen molar-refractivity contribution in [2.24, 2.45) is 11.8 Å². The summed E-state index contributed by atoms with van der Waals surface area (Å²) in [5, 5.41) is 15.1. The Morgan fingerprint density at radius 1 is 1.28 bits per heavy atom. The molecular formula is C21H27N3O4S. The first-order valence-electron chi connectivity index (χ1n) is 10.2. The lowest BCUT2D eigenvalue weighted by Crippen LogP contribution is -2.53. The third-order valence-electron chi connectivity index (χ3n) is 6.46. The van der Waals surface area contributed by atoms with E-state index in [4.69, 9.17) is 0 Å². The molecule has 0 aliphatic carbocycles. The molecular weight excluding hydrogens is 390 g/mol. The van der Waals surface area contributed by atoms with E-state index in [1.54, 1.807) is 23.7 Å².